The lowest BCUT2D eigenvalue weighted by Gasteiger charge is -2.13. The Morgan fingerprint density at radius 2 is 1.71 bits per heavy atom. The number of thiazole rings is 1. The smallest absolute Gasteiger partial charge is 0.269 e. The van der Waals surface area contributed by atoms with Gasteiger partial charge in [-0.05, 0) is 36.4 Å². The third kappa shape index (κ3) is 3.36. The first-order chi connectivity index (χ1) is 11.5. The second-order valence-electron chi connectivity index (χ2n) is 5.39. The SMILES string of the molecule is CN(C)c1cccc(C(=O)NNC(=O)c2ccc3ncsc3c2)c1. The molecule has 3 rings (SSSR count). The standard InChI is InChI=1S/C17H16N4O2S/c1-21(2)13-5-3-4-11(8-13)16(22)19-20-17(23)12-6-7-14-15(9-12)24-10-18-14/h3-10H,1-2H3,(H,19,22)(H,20,23). The van der Waals surface area contributed by atoms with Crippen LogP contribution in [0.4, 0.5) is 5.69 Å². The molecular formula is C17H16N4O2S. The molecule has 0 saturated carbocycles. The second kappa shape index (κ2) is 6.67. The maximum absolute atomic E-state index is 12.2. The maximum atomic E-state index is 12.2. The molecule has 0 saturated heterocycles. The summed E-state index contributed by atoms with van der Waals surface area (Å²) in [5, 5.41) is 0. The largest absolute Gasteiger partial charge is 0.378 e. The molecule has 1 aromatic heterocycles. The Kier molecular flexibility index (Phi) is 4.43. The third-order valence-electron chi connectivity index (χ3n) is 3.51. The summed E-state index contributed by atoms with van der Waals surface area (Å²) in [6, 6.07) is 12.4. The molecule has 0 fully saturated rings. The number of hydrogen-bond acceptors (Lipinski definition) is 5. The predicted molar refractivity (Wildman–Crippen MR) is 95.3 cm³/mol. The lowest BCUT2D eigenvalue weighted by atomic mass is 10.2. The summed E-state index contributed by atoms with van der Waals surface area (Å²) in [6.07, 6.45) is 0. The van der Waals surface area contributed by atoms with E-state index in [0.29, 0.717) is 11.1 Å². The van der Waals surface area contributed by atoms with Crippen molar-refractivity contribution in [2.24, 2.45) is 0 Å². The van der Waals surface area contributed by atoms with Crippen molar-refractivity contribution in [1.29, 1.82) is 0 Å². The number of nitrogens with zero attached hydrogens (tertiary/aromatic N) is 2. The van der Waals surface area contributed by atoms with E-state index in [-0.39, 0.29) is 11.8 Å². The highest BCUT2D eigenvalue weighted by Crippen LogP contribution is 2.19. The van der Waals surface area contributed by atoms with Crippen LogP contribution in [0.1, 0.15) is 20.7 Å². The molecule has 2 aromatic carbocycles. The van der Waals surface area contributed by atoms with E-state index in [1.165, 1.54) is 11.3 Å². The molecule has 0 spiro atoms. The number of amides is 2. The van der Waals surface area contributed by atoms with E-state index in [2.05, 4.69) is 15.8 Å². The Labute approximate surface area is 143 Å². The fourth-order valence-corrected chi connectivity index (χ4v) is 2.90. The van der Waals surface area contributed by atoms with Crippen molar-refractivity contribution in [3.05, 3.63) is 59.1 Å². The van der Waals surface area contributed by atoms with E-state index in [9.17, 15) is 9.59 Å². The highest BCUT2D eigenvalue weighted by Gasteiger charge is 2.11. The van der Waals surface area contributed by atoms with Crippen LogP contribution in [0.2, 0.25) is 0 Å². The molecule has 1 heterocycles. The first-order valence-electron chi connectivity index (χ1n) is 7.26. The summed E-state index contributed by atoms with van der Waals surface area (Å²) >= 11 is 1.46. The van der Waals surface area contributed by atoms with Crippen LogP contribution in [0.5, 0.6) is 0 Å². The number of fused-ring (bicyclic) bond motifs is 1. The third-order valence-corrected chi connectivity index (χ3v) is 4.30. The zero-order valence-corrected chi connectivity index (χ0v) is 14.1. The molecule has 7 heteroatoms. The molecule has 0 aliphatic rings. The van der Waals surface area contributed by atoms with Crippen LogP contribution < -0.4 is 15.8 Å². The topological polar surface area (TPSA) is 74.3 Å². The van der Waals surface area contributed by atoms with Gasteiger partial charge in [0.25, 0.3) is 11.8 Å². The molecule has 0 bridgehead atoms. The molecule has 24 heavy (non-hydrogen) atoms. The predicted octanol–water partition coefficient (Wildman–Crippen LogP) is 2.44. The Balaban J connectivity index is 1.67. The minimum Gasteiger partial charge on any atom is -0.378 e. The highest BCUT2D eigenvalue weighted by molar-refractivity contribution is 7.16. The first kappa shape index (κ1) is 15.9. The maximum Gasteiger partial charge on any atom is 0.269 e. The van der Waals surface area contributed by atoms with Crippen molar-refractivity contribution < 1.29 is 9.59 Å². The lowest BCUT2D eigenvalue weighted by molar-refractivity contribution is 0.0847. The minimum absolute atomic E-state index is 0.370. The molecular weight excluding hydrogens is 324 g/mol. The minimum atomic E-state index is -0.373. The Morgan fingerprint density at radius 3 is 2.42 bits per heavy atom. The van der Waals surface area contributed by atoms with Gasteiger partial charge in [-0.15, -0.1) is 11.3 Å². The van der Waals surface area contributed by atoms with Crippen molar-refractivity contribution in [2.45, 2.75) is 0 Å². The van der Waals surface area contributed by atoms with E-state index in [4.69, 9.17) is 0 Å². The van der Waals surface area contributed by atoms with E-state index >= 15 is 0 Å². The molecule has 2 N–H and O–H groups in total. The molecule has 0 atom stereocenters. The Morgan fingerprint density at radius 1 is 1.00 bits per heavy atom. The van der Waals surface area contributed by atoms with E-state index < -0.39 is 0 Å². The summed E-state index contributed by atoms with van der Waals surface area (Å²) in [5.41, 5.74) is 9.29. The molecule has 0 radical (unpaired) electrons. The number of carbonyl (C=O) groups is 2. The van der Waals surface area contributed by atoms with E-state index in [0.717, 1.165) is 15.9 Å². The quantitative estimate of drug-likeness (QED) is 0.718. The van der Waals surface area contributed by atoms with E-state index in [1.54, 1.807) is 41.9 Å². The molecule has 0 aliphatic carbocycles. The molecule has 0 aliphatic heterocycles. The van der Waals surface area contributed by atoms with Crippen LogP contribution >= 0.6 is 11.3 Å². The van der Waals surface area contributed by atoms with Gasteiger partial charge >= 0.3 is 0 Å². The second-order valence-corrected chi connectivity index (χ2v) is 6.27. The number of benzene rings is 2. The van der Waals surface area contributed by atoms with Gasteiger partial charge in [0.15, 0.2) is 0 Å². The van der Waals surface area contributed by atoms with Gasteiger partial charge in [-0.3, -0.25) is 20.4 Å². The van der Waals surface area contributed by atoms with Crippen LogP contribution in [0.15, 0.2) is 48.0 Å². The highest BCUT2D eigenvalue weighted by atomic mass is 32.1. The lowest BCUT2D eigenvalue weighted by Crippen LogP contribution is -2.41. The molecule has 122 valence electrons. The summed E-state index contributed by atoms with van der Waals surface area (Å²) in [7, 11) is 3.79. The summed E-state index contributed by atoms with van der Waals surface area (Å²) in [5.74, 6) is -0.742. The van der Waals surface area contributed by atoms with Crippen LogP contribution in [0, 0.1) is 0 Å². The van der Waals surface area contributed by atoms with Crippen molar-refractivity contribution in [1.82, 2.24) is 15.8 Å². The normalized spacial score (nSPS) is 10.4. The van der Waals surface area contributed by atoms with E-state index in [1.807, 2.05) is 25.1 Å². The van der Waals surface area contributed by atoms with Crippen molar-refractivity contribution in [3.63, 3.8) is 0 Å². The van der Waals surface area contributed by atoms with Gasteiger partial charge in [0.1, 0.15) is 0 Å². The van der Waals surface area contributed by atoms with Gasteiger partial charge in [0.2, 0.25) is 0 Å². The first-order valence-corrected chi connectivity index (χ1v) is 8.14. The van der Waals surface area contributed by atoms with Crippen LogP contribution in [0.25, 0.3) is 10.2 Å². The zero-order chi connectivity index (χ0) is 17.1. The van der Waals surface area contributed by atoms with Gasteiger partial charge in [0.05, 0.1) is 15.7 Å². The van der Waals surface area contributed by atoms with Crippen molar-refractivity contribution in [2.75, 3.05) is 19.0 Å². The van der Waals surface area contributed by atoms with Crippen molar-refractivity contribution in [3.8, 4) is 0 Å². The number of aromatic nitrogens is 1. The number of carbonyl (C=O) groups excluding carboxylic acids is 2. The molecule has 6 nitrogen and oxygen atoms in total. The Bertz CT molecular complexity index is 904. The fraction of sp³-hybridized carbons (Fsp3) is 0.118. The monoisotopic (exact) mass is 340 g/mol. The zero-order valence-electron chi connectivity index (χ0n) is 13.2. The van der Waals surface area contributed by atoms with Gasteiger partial charge < -0.3 is 4.90 Å². The molecule has 0 unspecified atom stereocenters. The summed E-state index contributed by atoms with van der Waals surface area (Å²) in [4.78, 5) is 30.4. The van der Waals surface area contributed by atoms with Gasteiger partial charge in [-0.25, -0.2) is 4.98 Å². The average Bonchev–Trinajstić information content (AvgIpc) is 3.07. The van der Waals surface area contributed by atoms with Crippen molar-refractivity contribution >= 4 is 39.1 Å². The van der Waals surface area contributed by atoms with Crippen LogP contribution in [0.3, 0.4) is 0 Å². The fourth-order valence-electron chi connectivity index (χ4n) is 2.18. The molecule has 2 amide bonds. The average molecular weight is 340 g/mol. The summed E-state index contributed by atoms with van der Waals surface area (Å²) in [6.45, 7) is 0. The van der Waals surface area contributed by atoms with Crippen LogP contribution in [-0.4, -0.2) is 30.9 Å². The summed E-state index contributed by atoms with van der Waals surface area (Å²) < 4.78 is 0.924. The number of rotatable bonds is 3. The van der Waals surface area contributed by atoms with Gasteiger partial charge in [-0.1, -0.05) is 6.07 Å². The number of anilines is 1. The van der Waals surface area contributed by atoms with Gasteiger partial charge in [-0.2, -0.15) is 0 Å². The Hall–Kier alpha value is -2.93. The number of nitrogens with one attached hydrogen (secondary N) is 2. The van der Waals surface area contributed by atoms with Gasteiger partial charge in [0, 0.05) is 30.9 Å². The van der Waals surface area contributed by atoms with Crippen LogP contribution in [-0.2, 0) is 0 Å². The number of hydrogen-bond donors (Lipinski definition) is 2. The number of hydrazine groups is 1. The molecule has 3 aromatic rings.